The molecule has 6 heteroatoms. The van der Waals surface area contributed by atoms with Crippen molar-refractivity contribution in [3.8, 4) is 0 Å². The van der Waals surface area contributed by atoms with Gasteiger partial charge in [0.15, 0.2) is 0 Å². The first-order valence-electron chi connectivity index (χ1n) is 8.30. The van der Waals surface area contributed by atoms with E-state index in [4.69, 9.17) is 0 Å². The van der Waals surface area contributed by atoms with E-state index in [1.54, 1.807) is 18.2 Å². The molecule has 4 nitrogen and oxygen atoms in total. The van der Waals surface area contributed by atoms with Gasteiger partial charge in [-0.1, -0.05) is 48.8 Å². The van der Waals surface area contributed by atoms with Gasteiger partial charge in [0, 0.05) is 23.0 Å². The molecule has 0 fully saturated rings. The summed E-state index contributed by atoms with van der Waals surface area (Å²) in [6.45, 7) is 6.49. The number of halogens is 2. The van der Waals surface area contributed by atoms with E-state index in [1.165, 1.54) is 12.1 Å². The van der Waals surface area contributed by atoms with Gasteiger partial charge in [-0.15, -0.1) is 0 Å². The summed E-state index contributed by atoms with van der Waals surface area (Å²) >= 11 is 3.16. The van der Waals surface area contributed by atoms with Crippen molar-refractivity contribution in [2.45, 2.75) is 32.6 Å². The number of carbonyl (C=O) groups is 2. The predicted molar refractivity (Wildman–Crippen MR) is 105 cm³/mol. The molecule has 0 aliphatic carbocycles. The normalized spacial score (nSPS) is 11.1. The van der Waals surface area contributed by atoms with Crippen LogP contribution < -0.4 is 10.6 Å². The van der Waals surface area contributed by atoms with Crippen LogP contribution in [0.25, 0.3) is 0 Å². The molecule has 0 atom stereocenters. The lowest BCUT2D eigenvalue weighted by molar-refractivity contribution is -0.116. The Bertz CT molecular complexity index is 798. The summed E-state index contributed by atoms with van der Waals surface area (Å²) in [4.78, 5) is 24.0. The number of benzene rings is 2. The van der Waals surface area contributed by atoms with Gasteiger partial charge >= 0.3 is 0 Å². The van der Waals surface area contributed by atoms with Gasteiger partial charge in [-0.2, -0.15) is 0 Å². The fraction of sp³-hybridized carbons (Fsp3) is 0.300. The molecule has 0 aromatic heterocycles. The van der Waals surface area contributed by atoms with Crippen LogP contribution in [0.3, 0.4) is 0 Å². The fourth-order valence-corrected chi connectivity index (χ4v) is 2.65. The molecule has 0 aliphatic rings. The van der Waals surface area contributed by atoms with E-state index in [0.717, 1.165) is 5.56 Å². The lowest BCUT2D eigenvalue weighted by atomic mass is 9.87. The molecular weight excluding hydrogens is 399 g/mol. The Balaban J connectivity index is 1.83. The number of hydrogen-bond donors (Lipinski definition) is 2. The van der Waals surface area contributed by atoms with Gasteiger partial charge in [-0.05, 0) is 41.3 Å². The van der Waals surface area contributed by atoms with Crippen LogP contribution in [0.5, 0.6) is 0 Å². The average Bonchev–Trinajstić information content (AvgIpc) is 2.56. The highest BCUT2D eigenvalue weighted by molar-refractivity contribution is 9.10. The van der Waals surface area contributed by atoms with Gasteiger partial charge in [-0.3, -0.25) is 9.59 Å². The molecule has 0 bridgehead atoms. The summed E-state index contributed by atoms with van der Waals surface area (Å²) in [7, 11) is 0. The minimum absolute atomic E-state index is 0.0232. The monoisotopic (exact) mass is 420 g/mol. The van der Waals surface area contributed by atoms with Crippen molar-refractivity contribution in [2.24, 2.45) is 0 Å². The SMILES string of the molecule is CC(C)(C)c1ccc(C(=O)NCCC(=O)Nc2ccc(Br)cc2F)cc1. The van der Waals surface area contributed by atoms with Crippen LogP contribution >= 0.6 is 15.9 Å². The van der Waals surface area contributed by atoms with Crippen LogP contribution in [0, 0.1) is 5.82 Å². The predicted octanol–water partition coefficient (Wildman–Crippen LogP) is 4.64. The number of amides is 2. The third kappa shape index (κ3) is 5.66. The zero-order chi connectivity index (χ0) is 19.3. The van der Waals surface area contributed by atoms with Crippen molar-refractivity contribution in [2.75, 3.05) is 11.9 Å². The summed E-state index contributed by atoms with van der Waals surface area (Å²) in [5, 5.41) is 5.19. The number of nitrogens with one attached hydrogen (secondary N) is 2. The molecule has 138 valence electrons. The van der Waals surface area contributed by atoms with Crippen molar-refractivity contribution in [1.29, 1.82) is 0 Å². The molecule has 2 aromatic rings. The number of hydrogen-bond acceptors (Lipinski definition) is 2. The maximum atomic E-state index is 13.7. The Morgan fingerprint density at radius 3 is 2.31 bits per heavy atom. The molecule has 0 spiro atoms. The fourth-order valence-electron chi connectivity index (χ4n) is 2.32. The van der Waals surface area contributed by atoms with Crippen LogP contribution in [0.2, 0.25) is 0 Å². The largest absolute Gasteiger partial charge is 0.352 e. The molecule has 2 amide bonds. The summed E-state index contributed by atoms with van der Waals surface area (Å²) < 4.78 is 14.3. The third-order valence-electron chi connectivity index (χ3n) is 3.86. The van der Waals surface area contributed by atoms with Crippen molar-refractivity contribution < 1.29 is 14.0 Å². The molecule has 0 aliphatic heterocycles. The highest BCUT2D eigenvalue weighted by Crippen LogP contribution is 2.22. The van der Waals surface area contributed by atoms with Crippen LogP contribution in [0.4, 0.5) is 10.1 Å². The van der Waals surface area contributed by atoms with Gasteiger partial charge in [0.25, 0.3) is 5.91 Å². The Morgan fingerprint density at radius 1 is 1.08 bits per heavy atom. The smallest absolute Gasteiger partial charge is 0.251 e. The first-order chi connectivity index (χ1) is 12.2. The van der Waals surface area contributed by atoms with E-state index in [9.17, 15) is 14.0 Å². The van der Waals surface area contributed by atoms with Gasteiger partial charge in [0.05, 0.1) is 5.69 Å². The summed E-state index contributed by atoms with van der Waals surface area (Å²) in [5.74, 6) is -1.13. The van der Waals surface area contributed by atoms with Crippen LogP contribution in [0.15, 0.2) is 46.9 Å². The molecule has 0 saturated heterocycles. The minimum Gasteiger partial charge on any atom is -0.352 e. The molecule has 2 aromatic carbocycles. The second-order valence-corrected chi connectivity index (χ2v) is 7.92. The van der Waals surface area contributed by atoms with E-state index >= 15 is 0 Å². The lowest BCUT2D eigenvalue weighted by Gasteiger charge is -2.19. The highest BCUT2D eigenvalue weighted by Gasteiger charge is 2.14. The molecule has 0 heterocycles. The molecule has 0 saturated carbocycles. The van der Waals surface area contributed by atoms with Crippen molar-refractivity contribution in [3.05, 3.63) is 63.9 Å². The van der Waals surface area contributed by atoms with Gasteiger partial charge in [-0.25, -0.2) is 4.39 Å². The first-order valence-corrected chi connectivity index (χ1v) is 9.10. The second kappa shape index (κ2) is 8.45. The molecule has 0 radical (unpaired) electrons. The van der Waals surface area contributed by atoms with Crippen LogP contribution in [0.1, 0.15) is 43.1 Å². The van der Waals surface area contributed by atoms with E-state index in [-0.39, 0.29) is 35.9 Å². The van der Waals surface area contributed by atoms with E-state index in [2.05, 4.69) is 47.3 Å². The highest BCUT2D eigenvalue weighted by atomic mass is 79.9. The second-order valence-electron chi connectivity index (χ2n) is 7.01. The quantitative estimate of drug-likeness (QED) is 0.739. The molecule has 2 N–H and O–H groups in total. The molecular formula is C20H22BrFN2O2. The van der Waals surface area contributed by atoms with Gasteiger partial charge in [0.2, 0.25) is 5.91 Å². The van der Waals surface area contributed by atoms with Crippen LogP contribution in [-0.4, -0.2) is 18.4 Å². The number of anilines is 1. The number of carbonyl (C=O) groups excluding carboxylic acids is 2. The zero-order valence-corrected chi connectivity index (χ0v) is 16.6. The van der Waals surface area contributed by atoms with Crippen molar-refractivity contribution >= 4 is 33.4 Å². The van der Waals surface area contributed by atoms with Crippen molar-refractivity contribution in [3.63, 3.8) is 0 Å². The Hall–Kier alpha value is -2.21. The van der Waals surface area contributed by atoms with E-state index < -0.39 is 5.82 Å². The Labute approximate surface area is 161 Å². The summed E-state index contributed by atoms with van der Waals surface area (Å²) in [6, 6.07) is 11.8. The third-order valence-corrected chi connectivity index (χ3v) is 4.35. The van der Waals surface area contributed by atoms with Gasteiger partial charge < -0.3 is 10.6 Å². The molecule has 0 unspecified atom stereocenters. The molecule has 2 rings (SSSR count). The van der Waals surface area contributed by atoms with Crippen molar-refractivity contribution in [1.82, 2.24) is 5.32 Å². The van der Waals surface area contributed by atoms with E-state index in [0.29, 0.717) is 10.0 Å². The Kier molecular flexibility index (Phi) is 6.53. The number of rotatable bonds is 5. The van der Waals surface area contributed by atoms with E-state index in [1.807, 2.05) is 12.1 Å². The maximum absolute atomic E-state index is 13.7. The zero-order valence-electron chi connectivity index (χ0n) is 15.0. The topological polar surface area (TPSA) is 58.2 Å². The summed E-state index contributed by atoms with van der Waals surface area (Å²) in [5.41, 5.74) is 1.82. The lowest BCUT2D eigenvalue weighted by Crippen LogP contribution is -2.27. The standard InChI is InChI=1S/C20H22BrFN2O2/c1-20(2,3)14-6-4-13(5-7-14)19(26)23-11-10-18(25)24-17-9-8-15(21)12-16(17)22/h4-9,12H,10-11H2,1-3H3,(H,23,26)(H,24,25). The van der Waals surface area contributed by atoms with Gasteiger partial charge in [0.1, 0.15) is 5.82 Å². The van der Waals surface area contributed by atoms with Crippen LogP contribution in [-0.2, 0) is 10.2 Å². The average molecular weight is 421 g/mol. The first kappa shape index (κ1) is 20.1. The Morgan fingerprint density at radius 2 is 1.73 bits per heavy atom. The molecule has 26 heavy (non-hydrogen) atoms. The minimum atomic E-state index is -0.518. The maximum Gasteiger partial charge on any atom is 0.251 e. The summed E-state index contributed by atoms with van der Waals surface area (Å²) in [6.07, 6.45) is 0.0569.